The zero-order valence-electron chi connectivity index (χ0n) is 13.2. The maximum atomic E-state index is 12.7. The summed E-state index contributed by atoms with van der Waals surface area (Å²) in [6.45, 7) is 1.44. The lowest BCUT2D eigenvalue weighted by Crippen LogP contribution is -2.44. The molecule has 4 rings (SSSR count). The van der Waals surface area contributed by atoms with Crippen LogP contribution in [0.3, 0.4) is 0 Å². The van der Waals surface area contributed by atoms with Crippen molar-refractivity contribution in [3.8, 4) is 0 Å². The van der Waals surface area contributed by atoms with Crippen molar-refractivity contribution in [1.82, 2.24) is 19.9 Å². The Hall–Kier alpha value is -2.06. The number of nitrogens with zero attached hydrogens (tertiary/aromatic N) is 4. The molecule has 1 aliphatic heterocycles. The normalized spacial score (nSPS) is 21.3. The molecule has 2 aliphatic rings. The number of aromatic nitrogens is 3. The van der Waals surface area contributed by atoms with Crippen molar-refractivity contribution in [1.29, 1.82) is 0 Å². The second kappa shape index (κ2) is 6.82. The van der Waals surface area contributed by atoms with E-state index in [-0.39, 0.29) is 11.9 Å². The smallest absolute Gasteiger partial charge is 0.274 e. The molecule has 0 radical (unpaired) electrons. The Kier molecular flexibility index (Phi) is 4.40. The Morgan fingerprint density at radius 3 is 3.04 bits per heavy atom. The minimum absolute atomic E-state index is 0.0921. The van der Waals surface area contributed by atoms with E-state index in [1.54, 1.807) is 22.0 Å². The number of morpholine rings is 1. The van der Waals surface area contributed by atoms with Crippen LogP contribution < -0.4 is 5.32 Å². The number of thiazole rings is 1. The molecular formula is C16H19N5O2S. The lowest BCUT2D eigenvalue weighted by atomic mass is 9.93. The summed E-state index contributed by atoms with van der Waals surface area (Å²) in [5, 5.41) is 5.19. The third-order valence-corrected chi connectivity index (χ3v) is 5.06. The largest absolute Gasteiger partial charge is 0.377 e. The lowest BCUT2D eigenvalue weighted by Gasteiger charge is -2.34. The van der Waals surface area contributed by atoms with Gasteiger partial charge in [-0.25, -0.2) is 15.0 Å². The number of hydrogen-bond acceptors (Lipinski definition) is 7. The number of carbonyl (C=O) groups is 1. The first-order valence-electron chi connectivity index (χ1n) is 8.17. The molecule has 2 aromatic rings. The van der Waals surface area contributed by atoms with Crippen LogP contribution in [0.4, 0.5) is 5.82 Å². The van der Waals surface area contributed by atoms with Crippen LogP contribution in [0.15, 0.2) is 23.2 Å². The average molecular weight is 345 g/mol. The van der Waals surface area contributed by atoms with Crippen molar-refractivity contribution in [2.45, 2.75) is 31.3 Å². The van der Waals surface area contributed by atoms with Crippen molar-refractivity contribution in [3.05, 3.63) is 34.7 Å². The SMILES string of the molecule is O=C(c1cscn1)N1CCOC[C@H]1c1nccc(NC2CCC2)n1. The summed E-state index contributed by atoms with van der Waals surface area (Å²) in [6.07, 6.45) is 5.37. The molecule has 0 spiro atoms. The van der Waals surface area contributed by atoms with Gasteiger partial charge < -0.3 is 15.0 Å². The third-order valence-electron chi connectivity index (χ3n) is 4.47. The molecule has 7 nitrogen and oxygen atoms in total. The molecule has 24 heavy (non-hydrogen) atoms. The van der Waals surface area contributed by atoms with Gasteiger partial charge in [-0.1, -0.05) is 0 Å². The highest BCUT2D eigenvalue weighted by atomic mass is 32.1. The van der Waals surface area contributed by atoms with E-state index >= 15 is 0 Å². The fourth-order valence-corrected chi connectivity index (χ4v) is 3.43. The minimum atomic E-state index is -0.281. The molecule has 0 bridgehead atoms. The van der Waals surface area contributed by atoms with Gasteiger partial charge in [-0.15, -0.1) is 11.3 Å². The molecule has 1 saturated carbocycles. The van der Waals surface area contributed by atoms with Crippen LogP contribution in [0.1, 0.15) is 41.6 Å². The minimum Gasteiger partial charge on any atom is -0.377 e. The first kappa shape index (κ1) is 15.5. The van der Waals surface area contributed by atoms with Gasteiger partial charge in [-0.05, 0) is 25.3 Å². The molecule has 2 fully saturated rings. The molecule has 0 unspecified atom stereocenters. The highest BCUT2D eigenvalue weighted by Crippen LogP contribution is 2.26. The Morgan fingerprint density at radius 2 is 2.29 bits per heavy atom. The summed E-state index contributed by atoms with van der Waals surface area (Å²) in [7, 11) is 0. The van der Waals surface area contributed by atoms with Crippen molar-refractivity contribution in [3.63, 3.8) is 0 Å². The second-order valence-electron chi connectivity index (χ2n) is 6.04. The molecule has 8 heteroatoms. The summed E-state index contributed by atoms with van der Waals surface area (Å²) in [5.41, 5.74) is 2.14. The number of carbonyl (C=O) groups excluding carboxylic acids is 1. The molecule has 1 saturated heterocycles. The number of amides is 1. The molecule has 0 aromatic carbocycles. The first-order valence-corrected chi connectivity index (χ1v) is 9.12. The standard InChI is InChI=1S/C16H19N5O2S/c22-16(12-9-24-10-18-12)21-6-7-23-8-13(21)15-17-5-4-14(20-15)19-11-2-1-3-11/h4-5,9-11,13H,1-3,6-8H2,(H,17,19,20)/t13-/m0/s1. The molecule has 2 aromatic heterocycles. The molecule has 1 aliphatic carbocycles. The van der Waals surface area contributed by atoms with E-state index < -0.39 is 0 Å². The second-order valence-corrected chi connectivity index (χ2v) is 6.75. The van der Waals surface area contributed by atoms with E-state index in [9.17, 15) is 4.79 Å². The summed E-state index contributed by atoms with van der Waals surface area (Å²) in [6, 6.07) is 2.09. The van der Waals surface area contributed by atoms with Gasteiger partial charge in [0.15, 0.2) is 5.82 Å². The number of rotatable bonds is 4. The molecule has 3 heterocycles. The fraction of sp³-hybridized carbons (Fsp3) is 0.500. The topological polar surface area (TPSA) is 80.2 Å². The summed E-state index contributed by atoms with van der Waals surface area (Å²) >= 11 is 1.42. The molecule has 1 N–H and O–H groups in total. The Labute approximate surface area is 144 Å². The van der Waals surface area contributed by atoms with Gasteiger partial charge in [0.05, 0.1) is 18.7 Å². The van der Waals surface area contributed by atoms with Gasteiger partial charge in [-0.3, -0.25) is 4.79 Å². The van der Waals surface area contributed by atoms with Gasteiger partial charge in [-0.2, -0.15) is 0 Å². The van der Waals surface area contributed by atoms with Crippen molar-refractivity contribution >= 4 is 23.1 Å². The van der Waals surface area contributed by atoms with Gasteiger partial charge in [0.2, 0.25) is 0 Å². The number of anilines is 1. The monoisotopic (exact) mass is 345 g/mol. The van der Waals surface area contributed by atoms with Crippen LogP contribution in [0.5, 0.6) is 0 Å². The van der Waals surface area contributed by atoms with Crippen LogP contribution in [0.25, 0.3) is 0 Å². The first-order chi connectivity index (χ1) is 11.8. The number of nitrogens with one attached hydrogen (secondary N) is 1. The van der Waals surface area contributed by atoms with Crippen LogP contribution in [0, 0.1) is 0 Å². The van der Waals surface area contributed by atoms with Crippen LogP contribution in [-0.2, 0) is 4.74 Å². The maximum Gasteiger partial charge on any atom is 0.274 e. The number of ether oxygens (including phenoxy) is 1. The van der Waals surface area contributed by atoms with Crippen molar-refractivity contribution < 1.29 is 9.53 Å². The third kappa shape index (κ3) is 3.11. The Morgan fingerprint density at radius 1 is 1.38 bits per heavy atom. The van der Waals surface area contributed by atoms with E-state index in [0.717, 1.165) is 5.82 Å². The zero-order chi connectivity index (χ0) is 16.4. The molecule has 126 valence electrons. The maximum absolute atomic E-state index is 12.7. The molecular weight excluding hydrogens is 326 g/mol. The molecule has 1 atom stereocenters. The van der Waals surface area contributed by atoms with Crippen molar-refractivity contribution in [2.24, 2.45) is 0 Å². The van der Waals surface area contributed by atoms with Crippen LogP contribution in [0.2, 0.25) is 0 Å². The summed E-state index contributed by atoms with van der Waals surface area (Å²) in [5.74, 6) is 1.34. The van der Waals surface area contributed by atoms with E-state index in [1.807, 2.05) is 6.07 Å². The molecule has 1 amide bonds. The predicted molar refractivity (Wildman–Crippen MR) is 90.0 cm³/mol. The van der Waals surface area contributed by atoms with Crippen LogP contribution >= 0.6 is 11.3 Å². The lowest BCUT2D eigenvalue weighted by molar-refractivity contribution is -0.00545. The van der Waals surface area contributed by atoms with E-state index in [2.05, 4.69) is 20.3 Å². The highest BCUT2D eigenvalue weighted by molar-refractivity contribution is 7.07. The van der Waals surface area contributed by atoms with Gasteiger partial charge >= 0.3 is 0 Å². The van der Waals surface area contributed by atoms with E-state index in [0.29, 0.717) is 37.3 Å². The van der Waals surface area contributed by atoms with Crippen LogP contribution in [-0.4, -0.2) is 51.6 Å². The zero-order valence-corrected chi connectivity index (χ0v) is 14.0. The van der Waals surface area contributed by atoms with E-state index in [1.165, 1.54) is 30.6 Å². The number of hydrogen-bond donors (Lipinski definition) is 1. The predicted octanol–water partition coefficient (Wildman–Crippen LogP) is 2.11. The Bertz CT molecular complexity index is 704. The van der Waals surface area contributed by atoms with Gasteiger partial charge in [0, 0.05) is 24.2 Å². The summed E-state index contributed by atoms with van der Waals surface area (Å²) in [4.78, 5) is 27.6. The average Bonchev–Trinajstić information content (AvgIpc) is 3.12. The van der Waals surface area contributed by atoms with Gasteiger partial charge in [0.1, 0.15) is 17.6 Å². The summed E-state index contributed by atoms with van der Waals surface area (Å²) < 4.78 is 5.58. The quantitative estimate of drug-likeness (QED) is 0.914. The van der Waals surface area contributed by atoms with E-state index in [4.69, 9.17) is 4.74 Å². The highest BCUT2D eigenvalue weighted by Gasteiger charge is 2.32. The Balaban J connectivity index is 1.56. The fourth-order valence-electron chi connectivity index (χ4n) is 2.90. The van der Waals surface area contributed by atoms with Crippen molar-refractivity contribution in [2.75, 3.05) is 25.1 Å². The van der Waals surface area contributed by atoms with Gasteiger partial charge in [0.25, 0.3) is 5.91 Å².